The van der Waals surface area contributed by atoms with E-state index in [2.05, 4.69) is 26.1 Å². The third kappa shape index (κ3) is 2.82. The maximum absolute atomic E-state index is 3.41. The Morgan fingerprint density at radius 2 is 2.00 bits per heavy atom. The highest BCUT2D eigenvalue weighted by molar-refractivity contribution is 4.82. The average molecular weight is 155 g/mol. The van der Waals surface area contributed by atoms with Gasteiger partial charge in [-0.2, -0.15) is 0 Å². The molecule has 1 nitrogen and oxygen atoms in total. The molecule has 1 aliphatic rings. The fourth-order valence-corrected chi connectivity index (χ4v) is 1.64. The maximum atomic E-state index is 3.41. The van der Waals surface area contributed by atoms with Crippen molar-refractivity contribution in [3.05, 3.63) is 0 Å². The van der Waals surface area contributed by atoms with Crippen molar-refractivity contribution >= 4 is 0 Å². The predicted molar refractivity (Wildman–Crippen MR) is 49.6 cm³/mol. The fourth-order valence-electron chi connectivity index (χ4n) is 1.64. The number of hydrogen-bond acceptors (Lipinski definition) is 1. The van der Waals surface area contributed by atoms with E-state index in [1.807, 2.05) is 0 Å². The molecule has 0 radical (unpaired) electrons. The van der Waals surface area contributed by atoms with Crippen molar-refractivity contribution in [1.29, 1.82) is 0 Å². The van der Waals surface area contributed by atoms with E-state index in [1.165, 1.54) is 19.4 Å². The molecule has 2 atom stereocenters. The van der Waals surface area contributed by atoms with Crippen LogP contribution in [0.5, 0.6) is 0 Å². The second-order valence-electron chi connectivity index (χ2n) is 3.98. The summed E-state index contributed by atoms with van der Waals surface area (Å²) in [5, 5.41) is 3.41. The lowest BCUT2D eigenvalue weighted by molar-refractivity contribution is 0.333. The van der Waals surface area contributed by atoms with Crippen LogP contribution in [0.2, 0.25) is 0 Å². The topological polar surface area (TPSA) is 12.0 Å². The molecule has 1 aliphatic carbocycles. The lowest BCUT2D eigenvalue weighted by Gasteiger charge is -2.19. The summed E-state index contributed by atoms with van der Waals surface area (Å²) in [4.78, 5) is 0. The highest BCUT2D eigenvalue weighted by Gasteiger charge is 2.30. The van der Waals surface area contributed by atoms with Crippen LogP contribution >= 0.6 is 0 Å². The zero-order valence-corrected chi connectivity index (χ0v) is 8.06. The molecular formula is C10H21N. The van der Waals surface area contributed by atoms with Crippen LogP contribution in [0, 0.1) is 17.8 Å². The first-order chi connectivity index (χ1) is 5.25. The van der Waals surface area contributed by atoms with Crippen molar-refractivity contribution in [2.75, 3.05) is 13.1 Å². The highest BCUT2D eigenvalue weighted by atomic mass is 14.8. The van der Waals surface area contributed by atoms with Gasteiger partial charge in [0.05, 0.1) is 0 Å². The lowest BCUT2D eigenvalue weighted by Crippen LogP contribution is -2.25. The first kappa shape index (κ1) is 9.05. The first-order valence-electron chi connectivity index (χ1n) is 4.96. The van der Waals surface area contributed by atoms with Crippen molar-refractivity contribution in [1.82, 2.24) is 5.32 Å². The van der Waals surface area contributed by atoms with Crippen LogP contribution in [0.4, 0.5) is 0 Å². The third-order valence-corrected chi connectivity index (χ3v) is 2.98. The van der Waals surface area contributed by atoms with E-state index in [1.54, 1.807) is 0 Å². The Kier molecular flexibility index (Phi) is 3.38. The van der Waals surface area contributed by atoms with Crippen LogP contribution in [0.15, 0.2) is 0 Å². The van der Waals surface area contributed by atoms with Crippen LogP contribution < -0.4 is 5.32 Å². The number of rotatable bonds is 5. The summed E-state index contributed by atoms with van der Waals surface area (Å²) in [6.07, 6.45) is 2.97. The van der Waals surface area contributed by atoms with Gasteiger partial charge < -0.3 is 5.32 Å². The molecule has 1 heteroatoms. The van der Waals surface area contributed by atoms with Gasteiger partial charge in [0.2, 0.25) is 0 Å². The summed E-state index contributed by atoms with van der Waals surface area (Å²) in [6, 6.07) is 0. The van der Waals surface area contributed by atoms with Gasteiger partial charge in [-0.15, -0.1) is 0 Å². The van der Waals surface area contributed by atoms with E-state index in [0.717, 1.165) is 24.3 Å². The molecule has 0 saturated heterocycles. The van der Waals surface area contributed by atoms with Gasteiger partial charge in [-0.1, -0.05) is 20.8 Å². The van der Waals surface area contributed by atoms with Crippen LogP contribution in [-0.2, 0) is 0 Å². The zero-order chi connectivity index (χ0) is 8.27. The molecule has 0 bridgehead atoms. The molecular weight excluding hydrogens is 134 g/mol. The lowest BCUT2D eigenvalue weighted by atomic mass is 9.91. The quantitative estimate of drug-likeness (QED) is 0.642. The Balaban J connectivity index is 2.11. The molecule has 66 valence electrons. The monoisotopic (exact) mass is 155 g/mol. The Labute approximate surface area is 70.6 Å². The molecule has 0 aromatic carbocycles. The van der Waals surface area contributed by atoms with Gasteiger partial charge in [0.15, 0.2) is 0 Å². The summed E-state index contributed by atoms with van der Waals surface area (Å²) in [7, 11) is 0. The van der Waals surface area contributed by atoms with Gasteiger partial charge in [0, 0.05) is 0 Å². The summed E-state index contributed by atoms with van der Waals surface area (Å²) < 4.78 is 0. The second kappa shape index (κ2) is 4.10. The van der Waals surface area contributed by atoms with Crippen LogP contribution in [0.1, 0.15) is 33.6 Å². The molecule has 1 saturated carbocycles. The summed E-state index contributed by atoms with van der Waals surface area (Å²) in [6.45, 7) is 9.26. The molecule has 1 fully saturated rings. The van der Waals surface area contributed by atoms with Crippen LogP contribution in [-0.4, -0.2) is 13.1 Å². The van der Waals surface area contributed by atoms with Crippen LogP contribution in [0.25, 0.3) is 0 Å². The maximum Gasteiger partial charge on any atom is -0.00206 e. The van der Waals surface area contributed by atoms with Crippen molar-refractivity contribution in [3.63, 3.8) is 0 Å². The van der Waals surface area contributed by atoms with E-state index in [-0.39, 0.29) is 0 Å². The molecule has 0 spiro atoms. The van der Waals surface area contributed by atoms with E-state index in [0.29, 0.717) is 0 Å². The molecule has 11 heavy (non-hydrogen) atoms. The van der Waals surface area contributed by atoms with Gasteiger partial charge in [-0.25, -0.2) is 0 Å². The minimum absolute atomic E-state index is 0.863. The fraction of sp³-hybridized carbons (Fsp3) is 1.00. The molecule has 2 unspecified atom stereocenters. The first-order valence-corrected chi connectivity index (χ1v) is 4.96. The van der Waals surface area contributed by atoms with E-state index in [9.17, 15) is 0 Å². The van der Waals surface area contributed by atoms with E-state index < -0.39 is 0 Å². The predicted octanol–water partition coefficient (Wildman–Crippen LogP) is 2.28. The van der Waals surface area contributed by atoms with Gasteiger partial charge >= 0.3 is 0 Å². The van der Waals surface area contributed by atoms with Crippen molar-refractivity contribution in [2.24, 2.45) is 17.8 Å². The molecule has 0 aromatic rings. The van der Waals surface area contributed by atoms with Gasteiger partial charge in [-0.3, -0.25) is 0 Å². The summed E-state index contributed by atoms with van der Waals surface area (Å²) in [5.74, 6) is 2.86. The number of nitrogens with one attached hydrogen (secondary N) is 1. The number of hydrogen-bond donors (Lipinski definition) is 1. The normalized spacial score (nSPS) is 23.2. The highest BCUT2D eigenvalue weighted by Crippen LogP contribution is 2.39. The van der Waals surface area contributed by atoms with Gasteiger partial charge in [0.25, 0.3) is 0 Å². The zero-order valence-electron chi connectivity index (χ0n) is 8.06. The standard InChI is InChI=1S/C10H21N/c1-4-11-7-8(2)9(3)10-5-6-10/h8-11H,4-7H2,1-3H3. The van der Waals surface area contributed by atoms with E-state index in [4.69, 9.17) is 0 Å². The second-order valence-corrected chi connectivity index (χ2v) is 3.98. The molecule has 0 aromatic heterocycles. The smallest absolute Gasteiger partial charge is 0.00206 e. The Morgan fingerprint density at radius 1 is 1.36 bits per heavy atom. The minimum Gasteiger partial charge on any atom is -0.317 e. The SMILES string of the molecule is CCNCC(C)C(C)C1CC1. The van der Waals surface area contributed by atoms with Crippen molar-refractivity contribution in [3.8, 4) is 0 Å². The Morgan fingerprint density at radius 3 is 2.45 bits per heavy atom. The van der Waals surface area contributed by atoms with Crippen LogP contribution in [0.3, 0.4) is 0 Å². The van der Waals surface area contributed by atoms with Gasteiger partial charge in [-0.05, 0) is 43.7 Å². The molecule has 1 rings (SSSR count). The van der Waals surface area contributed by atoms with E-state index >= 15 is 0 Å². The van der Waals surface area contributed by atoms with Gasteiger partial charge in [0.1, 0.15) is 0 Å². The van der Waals surface area contributed by atoms with Crippen molar-refractivity contribution in [2.45, 2.75) is 33.6 Å². The molecule has 1 N–H and O–H groups in total. The third-order valence-electron chi connectivity index (χ3n) is 2.98. The minimum atomic E-state index is 0.863. The Hall–Kier alpha value is -0.0400. The average Bonchev–Trinajstić information content (AvgIpc) is 2.81. The summed E-state index contributed by atoms with van der Waals surface area (Å²) in [5.41, 5.74) is 0. The van der Waals surface area contributed by atoms with Crippen molar-refractivity contribution < 1.29 is 0 Å². The molecule has 0 amide bonds. The molecule has 0 heterocycles. The largest absolute Gasteiger partial charge is 0.317 e. The Bertz CT molecular complexity index is 107. The summed E-state index contributed by atoms with van der Waals surface area (Å²) >= 11 is 0. The molecule has 0 aliphatic heterocycles.